The third-order valence-corrected chi connectivity index (χ3v) is 5.25. The molecule has 1 aromatic carbocycles. The Labute approximate surface area is 140 Å². The number of benzene rings is 1. The van der Waals surface area contributed by atoms with Crippen molar-refractivity contribution < 1.29 is 4.79 Å². The molecule has 0 radical (unpaired) electrons. The van der Waals surface area contributed by atoms with Crippen molar-refractivity contribution in [2.75, 3.05) is 31.1 Å². The van der Waals surface area contributed by atoms with Gasteiger partial charge in [0.05, 0.1) is 15.0 Å². The normalized spacial score (nSPS) is 17.3. The molecule has 1 aromatic heterocycles. The van der Waals surface area contributed by atoms with Crippen LogP contribution in [0.15, 0.2) is 18.2 Å². The molecule has 7 heteroatoms. The minimum absolute atomic E-state index is 0.117. The van der Waals surface area contributed by atoms with E-state index in [4.69, 9.17) is 11.6 Å². The van der Waals surface area contributed by atoms with E-state index in [9.17, 15) is 4.79 Å². The molecule has 0 N–H and O–H groups in total. The largest absolute Gasteiger partial charge is 0.345 e. The summed E-state index contributed by atoms with van der Waals surface area (Å²) in [5.74, 6) is 0.158. The molecule has 1 aliphatic heterocycles. The van der Waals surface area contributed by atoms with Crippen molar-refractivity contribution in [1.29, 1.82) is 0 Å². The van der Waals surface area contributed by atoms with Crippen molar-refractivity contribution in [3.05, 3.63) is 23.2 Å². The Balaban J connectivity index is 1.72. The van der Waals surface area contributed by atoms with Gasteiger partial charge in [-0.15, -0.1) is 0 Å². The average molecular weight is 389 g/mol. The predicted octanol–water partition coefficient (Wildman–Crippen LogP) is 3.38. The maximum absolute atomic E-state index is 12.0. The van der Waals surface area contributed by atoms with Crippen molar-refractivity contribution in [3.63, 3.8) is 0 Å². The number of halogens is 2. The highest BCUT2D eigenvalue weighted by Crippen LogP contribution is 2.31. The molecule has 112 valence electrons. The maximum atomic E-state index is 12.0. The molecule has 1 unspecified atom stereocenters. The van der Waals surface area contributed by atoms with Crippen LogP contribution in [0.1, 0.15) is 6.92 Å². The van der Waals surface area contributed by atoms with E-state index in [0.29, 0.717) is 0 Å². The molecule has 1 fully saturated rings. The highest BCUT2D eigenvalue weighted by molar-refractivity contribution is 9.10. The summed E-state index contributed by atoms with van der Waals surface area (Å²) in [6.07, 6.45) is 0. The van der Waals surface area contributed by atoms with Gasteiger partial charge >= 0.3 is 0 Å². The monoisotopic (exact) mass is 387 g/mol. The molecular formula is C14H15BrClN3OS. The first-order valence-corrected chi connectivity index (χ1v) is 8.89. The number of fused-ring (bicyclic) bond motifs is 1. The molecule has 1 amide bonds. The van der Waals surface area contributed by atoms with Gasteiger partial charge in [0.2, 0.25) is 5.91 Å². The lowest BCUT2D eigenvalue weighted by atomic mass is 10.3. The van der Waals surface area contributed by atoms with Crippen molar-refractivity contribution in [3.8, 4) is 0 Å². The number of thiazole rings is 1. The molecule has 3 rings (SSSR count). The highest BCUT2D eigenvalue weighted by Gasteiger charge is 2.24. The summed E-state index contributed by atoms with van der Waals surface area (Å²) < 4.78 is 1.10. The zero-order valence-corrected chi connectivity index (χ0v) is 14.7. The molecule has 0 saturated carbocycles. The van der Waals surface area contributed by atoms with Crippen molar-refractivity contribution in [2.24, 2.45) is 0 Å². The molecule has 21 heavy (non-hydrogen) atoms. The van der Waals surface area contributed by atoms with Gasteiger partial charge in [-0.05, 0) is 25.1 Å². The number of anilines is 1. The smallest absolute Gasteiger partial charge is 0.236 e. The van der Waals surface area contributed by atoms with Crippen LogP contribution in [0.25, 0.3) is 10.2 Å². The van der Waals surface area contributed by atoms with E-state index in [1.54, 1.807) is 11.3 Å². The van der Waals surface area contributed by atoms with Crippen LogP contribution >= 0.6 is 38.9 Å². The third kappa shape index (κ3) is 3.17. The van der Waals surface area contributed by atoms with Gasteiger partial charge in [-0.3, -0.25) is 4.79 Å². The lowest BCUT2D eigenvalue weighted by Gasteiger charge is -2.35. The van der Waals surface area contributed by atoms with Gasteiger partial charge < -0.3 is 9.80 Å². The Morgan fingerprint density at radius 2 is 2.10 bits per heavy atom. The van der Waals surface area contributed by atoms with Gasteiger partial charge in [-0.25, -0.2) is 4.98 Å². The number of alkyl halides is 1. The fraction of sp³-hybridized carbons (Fsp3) is 0.429. The van der Waals surface area contributed by atoms with E-state index < -0.39 is 0 Å². The van der Waals surface area contributed by atoms with E-state index in [2.05, 4.69) is 25.8 Å². The fourth-order valence-electron chi connectivity index (χ4n) is 2.39. The average Bonchev–Trinajstić information content (AvgIpc) is 2.89. The maximum Gasteiger partial charge on any atom is 0.236 e. The highest BCUT2D eigenvalue weighted by atomic mass is 79.9. The summed E-state index contributed by atoms with van der Waals surface area (Å²) in [6.45, 7) is 4.99. The number of nitrogens with zero attached hydrogens (tertiary/aromatic N) is 3. The molecular weight excluding hydrogens is 374 g/mol. The number of aromatic nitrogens is 1. The lowest BCUT2D eigenvalue weighted by molar-refractivity contribution is -0.130. The van der Waals surface area contributed by atoms with Crippen molar-refractivity contribution in [2.45, 2.75) is 11.8 Å². The van der Waals surface area contributed by atoms with Gasteiger partial charge in [0.25, 0.3) is 0 Å². The molecule has 4 nitrogen and oxygen atoms in total. The Morgan fingerprint density at radius 3 is 2.76 bits per heavy atom. The molecule has 0 bridgehead atoms. The van der Waals surface area contributed by atoms with Crippen LogP contribution in [0.5, 0.6) is 0 Å². The Hall–Kier alpha value is -0.850. The summed E-state index contributed by atoms with van der Waals surface area (Å²) in [5.41, 5.74) is 0.979. The summed E-state index contributed by atoms with van der Waals surface area (Å²) in [6, 6.07) is 5.76. The zero-order valence-electron chi connectivity index (χ0n) is 11.6. The second-order valence-electron chi connectivity index (χ2n) is 5.04. The summed E-state index contributed by atoms with van der Waals surface area (Å²) in [5, 5.41) is 1.74. The molecule has 2 aromatic rings. The molecule has 0 spiro atoms. The number of piperazine rings is 1. The third-order valence-electron chi connectivity index (χ3n) is 3.54. The minimum atomic E-state index is -0.117. The number of rotatable bonds is 2. The Kier molecular flexibility index (Phi) is 4.38. The first-order valence-electron chi connectivity index (χ1n) is 6.78. The van der Waals surface area contributed by atoms with E-state index in [0.717, 1.165) is 46.5 Å². The Bertz CT molecular complexity index is 667. The first-order chi connectivity index (χ1) is 10.0. The number of hydrogen-bond donors (Lipinski definition) is 0. The van der Waals surface area contributed by atoms with Gasteiger partial charge in [-0.2, -0.15) is 0 Å². The molecule has 1 atom stereocenters. The van der Waals surface area contributed by atoms with Crippen LogP contribution < -0.4 is 4.90 Å². The SMILES string of the molecule is CC(Br)C(=O)N1CCN(c2nc3ccc(Cl)cc3s2)CC1. The minimum Gasteiger partial charge on any atom is -0.345 e. The number of carbonyl (C=O) groups excluding carboxylic acids is 1. The number of hydrogen-bond acceptors (Lipinski definition) is 4. The van der Waals surface area contributed by atoms with Gasteiger partial charge in [0, 0.05) is 31.2 Å². The molecule has 1 saturated heterocycles. The zero-order chi connectivity index (χ0) is 15.0. The van der Waals surface area contributed by atoms with Crippen LogP contribution in [0.2, 0.25) is 5.02 Å². The summed E-state index contributed by atoms with van der Waals surface area (Å²) in [4.78, 5) is 20.6. The van der Waals surface area contributed by atoms with Crippen molar-refractivity contribution >= 4 is 60.1 Å². The van der Waals surface area contributed by atoms with Gasteiger partial charge in [0.15, 0.2) is 5.13 Å². The van der Waals surface area contributed by atoms with E-state index >= 15 is 0 Å². The van der Waals surface area contributed by atoms with Crippen LogP contribution in [0, 0.1) is 0 Å². The van der Waals surface area contributed by atoms with Crippen LogP contribution in [-0.4, -0.2) is 46.8 Å². The molecule has 0 aliphatic carbocycles. The Morgan fingerprint density at radius 1 is 1.38 bits per heavy atom. The van der Waals surface area contributed by atoms with Gasteiger partial charge in [0.1, 0.15) is 0 Å². The standard InChI is InChI=1S/C14H15BrClN3OS/c1-9(15)13(20)18-4-6-19(7-5-18)14-17-11-3-2-10(16)8-12(11)21-14/h2-3,8-9H,4-7H2,1H3. The number of amides is 1. The van der Waals surface area contributed by atoms with E-state index in [-0.39, 0.29) is 10.7 Å². The predicted molar refractivity (Wildman–Crippen MR) is 91.8 cm³/mol. The van der Waals surface area contributed by atoms with Crippen molar-refractivity contribution in [1.82, 2.24) is 9.88 Å². The lowest BCUT2D eigenvalue weighted by Crippen LogP contribution is -2.50. The van der Waals surface area contributed by atoms with Crippen LogP contribution in [0.4, 0.5) is 5.13 Å². The second kappa shape index (κ2) is 6.10. The summed E-state index contributed by atoms with van der Waals surface area (Å²) in [7, 11) is 0. The topological polar surface area (TPSA) is 36.4 Å². The molecule has 1 aliphatic rings. The summed E-state index contributed by atoms with van der Waals surface area (Å²) >= 11 is 11.0. The van der Waals surface area contributed by atoms with Crippen LogP contribution in [0.3, 0.4) is 0 Å². The number of carbonyl (C=O) groups is 1. The second-order valence-corrected chi connectivity index (χ2v) is 7.86. The van der Waals surface area contributed by atoms with Crippen LogP contribution in [-0.2, 0) is 4.79 Å². The fourth-order valence-corrected chi connectivity index (χ4v) is 3.97. The quantitative estimate of drug-likeness (QED) is 0.740. The van der Waals surface area contributed by atoms with E-state index in [1.165, 1.54) is 0 Å². The molecule has 2 heterocycles. The first kappa shape index (κ1) is 15.1. The van der Waals surface area contributed by atoms with E-state index in [1.807, 2.05) is 30.0 Å². The van der Waals surface area contributed by atoms with Gasteiger partial charge in [-0.1, -0.05) is 38.9 Å².